The normalized spacial score (nSPS) is 19.1. The van der Waals surface area contributed by atoms with Crippen LogP contribution in [-0.2, 0) is 13.0 Å². The van der Waals surface area contributed by atoms with Crippen LogP contribution in [0.1, 0.15) is 51.7 Å². The van der Waals surface area contributed by atoms with E-state index in [1.807, 2.05) is 0 Å². The summed E-state index contributed by atoms with van der Waals surface area (Å²) < 4.78 is 0. The Hall–Kier alpha value is -0.860. The van der Waals surface area contributed by atoms with Crippen molar-refractivity contribution in [2.24, 2.45) is 5.92 Å². The Morgan fingerprint density at radius 2 is 1.76 bits per heavy atom. The quantitative estimate of drug-likeness (QED) is 0.820. The SMILES string of the molecule is CC(C)Cc1ccc(CN(CC2CCCN2)C(C)C)cc1. The van der Waals surface area contributed by atoms with E-state index in [0.717, 1.165) is 12.5 Å². The first-order valence-electron chi connectivity index (χ1n) is 8.60. The summed E-state index contributed by atoms with van der Waals surface area (Å²) >= 11 is 0. The molecule has 1 N–H and O–H groups in total. The van der Waals surface area contributed by atoms with Crippen LogP contribution in [-0.4, -0.2) is 30.1 Å². The van der Waals surface area contributed by atoms with Gasteiger partial charge >= 0.3 is 0 Å². The third kappa shape index (κ3) is 5.44. The number of hydrogen-bond donors (Lipinski definition) is 1. The molecule has 2 heteroatoms. The standard InChI is InChI=1S/C19H32N2/c1-15(2)12-17-7-9-18(10-8-17)13-21(16(3)4)14-19-6-5-11-20-19/h7-10,15-16,19-20H,5-6,11-14H2,1-4H3. The fourth-order valence-electron chi connectivity index (χ4n) is 3.14. The maximum atomic E-state index is 3.62. The molecule has 1 aromatic rings. The summed E-state index contributed by atoms with van der Waals surface area (Å²) in [4.78, 5) is 2.60. The minimum absolute atomic E-state index is 0.600. The number of nitrogens with one attached hydrogen (secondary N) is 1. The van der Waals surface area contributed by atoms with Crippen molar-refractivity contribution in [3.8, 4) is 0 Å². The highest BCUT2D eigenvalue weighted by atomic mass is 15.2. The number of hydrogen-bond acceptors (Lipinski definition) is 2. The van der Waals surface area contributed by atoms with Gasteiger partial charge in [0.15, 0.2) is 0 Å². The molecule has 1 aromatic carbocycles. The van der Waals surface area contributed by atoms with Gasteiger partial charge in [-0.15, -0.1) is 0 Å². The lowest BCUT2D eigenvalue weighted by atomic mass is 10.0. The average Bonchev–Trinajstić information content (AvgIpc) is 2.92. The van der Waals surface area contributed by atoms with Crippen LogP contribution < -0.4 is 5.32 Å². The molecule has 0 amide bonds. The molecule has 1 aliphatic rings. The van der Waals surface area contributed by atoms with Gasteiger partial charge in [0, 0.05) is 25.2 Å². The van der Waals surface area contributed by atoms with E-state index in [0.29, 0.717) is 12.1 Å². The second kappa shape index (κ2) is 7.95. The van der Waals surface area contributed by atoms with Gasteiger partial charge < -0.3 is 5.32 Å². The predicted molar refractivity (Wildman–Crippen MR) is 91.6 cm³/mol. The van der Waals surface area contributed by atoms with Gasteiger partial charge in [-0.05, 0) is 56.7 Å². The van der Waals surface area contributed by atoms with Crippen LogP contribution >= 0.6 is 0 Å². The summed E-state index contributed by atoms with van der Waals surface area (Å²) in [6.45, 7) is 12.6. The number of rotatable bonds is 7. The highest BCUT2D eigenvalue weighted by molar-refractivity contribution is 5.23. The molecule has 118 valence electrons. The lowest BCUT2D eigenvalue weighted by molar-refractivity contribution is 0.194. The van der Waals surface area contributed by atoms with Crippen molar-refractivity contribution < 1.29 is 0 Å². The van der Waals surface area contributed by atoms with Crippen molar-refractivity contribution in [3.05, 3.63) is 35.4 Å². The molecule has 0 aromatic heterocycles. The maximum Gasteiger partial charge on any atom is 0.0237 e. The Morgan fingerprint density at radius 1 is 1.10 bits per heavy atom. The Labute approximate surface area is 130 Å². The van der Waals surface area contributed by atoms with E-state index in [2.05, 4.69) is 62.2 Å². The molecule has 1 atom stereocenters. The molecule has 2 nitrogen and oxygen atoms in total. The largest absolute Gasteiger partial charge is 0.313 e. The van der Waals surface area contributed by atoms with Crippen molar-refractivity contribution in [3.63, 3.8) is 0 Å². The first-order valence-corrected chi connectivity index (χ1v) is 8.60. The number of benzene rings is 1. The van der Waals surface area contributed by atoms with Crippen LogP contribution in [0.25, 0.3) is 0 Å². The third-order valence-electron chi connectivity index (χ3n) is 4.40. The average molecular weight is 288 g/mol. The van der Waals surface area contributed by atoms with E-state index in [4.69, 9.17) is 0 Å². The van der Waals surface area contributed by atoms with Gasteiger partial charge in [0.25, 0.3) is 0 Å². The van der Waals surface area contributed by atoms with E-state index in [-0.39, 0.29) is 0 Å². The van der Waals surface area contributed by atoms with E-state index < -0.39 is 0 Å². The lowest BCUT2D eigenvalue weighted by Gasteiger charge is -2.29. The number of nitrogens with zero attached hydrogens (tertiary/aromatic N) is 1. The molecule has 1 aliphatic heterocycles. The zero-order valence-corrected chi connectivity index (χ0v) is 14.2. The highest BCUT2D eigenvalue weighted by Crippen LogP contribution is 2.15. The van der Waals surface area contributed by atoms with Crippen molar-refractivity contribution in [2.45, 2.75) is 65.6 Å². The molecule has 0 radical (unpaired) electrons. The smallest absolute Gasteiger partial charge is 0.0237 e. The van der Waals surface area contributed by atoms with Gasteiger partial charge in [-0.1, -0.05) is 38.1 Å². The van der Waals surface area contributed by atoms with E-state index >= 15 is 0 Å². The molecule has 21 heavy (non-hydrogen) atoms. The molecule has 1 heterocycles. The Morgan fingerprint density at radius 3 is 2.29 bits per heavy atom. The van der Waals surface area contributed by atoms with E-state index in [9.17, 15) is 0 Å². The molecule has 0 saturated carbocycles. The monoisotopic (exact) mass is 288 g/mol. The lowest BCUT2D eigenvalue weighted by Crippen LogP contribution is -2.40. The van der Waals surface area contributed by atoms with Crippen LogP contribution in [0.2, 0.25) is 0 Å². The van der Waals surface area contributed by atoms with Crippen molar-refractivity contribution >= 4 is 0 Å². The molecule has 1 fully saturated rings. The molecule has 0 bridgehead atoms. The molecular weight excluding hydrogens is 256 g/mol. The second-order valence-electron chi connectivity index (χ2n) is 7.23. The third-order valence-corrected chi connectivity index (χ3v) is 4.40. The zero-order valence-electron chi connectivity index (χ0n) is 14.2. The minimum atomic E-state index is 0.600. The van der Waals surface area contributed by atoms with Crippen molar-refractivity contribution in [1.82, 2.24) is 10.2 Å². The highest BCUT2D eigenvalue weighted by Gasteiger charge is 2.19. The first kappa shape index (κ1) is 16.5. The summed E-state index contributed by atoms with van der Waals surface area (Å²) in [6.07, 6.45) is 3.84. The van der Waals surface area contributed by atoms with Crippen LogP contribution in [0.5, 0.6) is 0 Å². The van der Waals surface area contributed by atoms with E-state index in [1.54, 1.807) is 0 Å². The molecule has 1 saturated heterocycles. The molecule has 1 unspecified atom stereocenters. The first-order chi connectivity index (χ1) is 10.0. The minimum Gasteiger partial charge on any atom is -0.313 e. The van der Waals surface area contributed by atoms with E-state index in [1.165, 1.54) is 43.5 Å². The molecule has 0 aliphatic carbocycles. The van der Waals surface area contributed by atoms with Gasteiger partial charge in [0.1, 0.15) is 0 Å². The van der Waals surface area contributed by atoms with Crippen LogP contribution in [0.4, 0.5) is 0 Å². The second-order valence-corrected chi connectivity index (χ2v) is 7.23. The predicted octanol–water partition coefficient (Wildman–Crippen LogP) is 3.85. The summed E-state index contributed by atoms with van der Waals surface area (Å²) in [5, 5.41) is 3.62. The Kier molecular flexibility index (Phi) is 6.25. The van der Waals surface area contributed by atoms with Gasteiger partial charge in [0.05, 0.1) is 0 Å². The fraction of sp³-hybridized carbons (Fsp3) is 0.684. The van der Waals surface area contributed by atoms with Crippen LogP contribution in [0.15, 0.2) is 24.3 Å². The molecule has 2 rings (SSSR count). The van der Waals surface area contributed by atoms with Crippen molar-refractivity contribution in [2.75, 3.05) is 13.1 Å². The van der Waals surface area contributed by atoms with Gasteiger partial charge in [-0.2, -0.15) is 0 Å². The topological polar surface area (TPSA) is 15.3 Å². The molecular formula is C19H32N2. The maximum absolute atomic E-state index is 3.62. The van der Waals surface area contributed by atoms with Gasteiger partial charge in [0.2, 0.25) is 0 Å². The van der Waals surface area contributed by atoms with Crippen LogP contribution in [0.3, 0.4) is 0 Å². The summed E-state index contributed by atoms with van der Waals surface area (Å²) in [7, 11) is 0. The summed E-state index contributed by atoms with van der Waals surface area (Å²) in [5.74, 6) is 0.733. The fourth-order valence-corrected chi connectivity index (χ4v) is 3.14. The van der Waals surface area contributed by atoms with Gasteiger partial charge in [-0.3, -0.25) is 4.90 Å². The molecule has 0 spiro atoms. The summed E-state index contributed by atoms with van der Waals surface area (Å²) in [5.41, 5.74) is 2.90. The summed E-state index contributed by atoms with van der Waals surface area (Å²) in [6, 6.07) is 10.5. The van der Waals surface area contributed by atoms with Gasteiger partial charge in [-0.25, -0.2) is 0 Å². The van der Waals surface area contributed by atoms with Crippen LogP contribution in [0, 0.1) is 5.92 Å². The Bertz CT molecular complexity index is 402. The zero-order chi connectivity index (χ0) is 15.2. The van der Waals surface area contributed by atoms with Crippen molar-refractivity contribution in [1.29, 1.82) is 0 Å². The Balaban J connectivity index is 1.92.